The van der Waals surface area contributed by atoms with Gasteiger partial charge in [0.25, 0.3) is 5.91 Å². The van der Waals surface area contributed by atoms with Crippen LogP contribution in [-0.4, -0.2) is 45.4 Å². The van der Waals surface area contributed by atoms with Crippen molar-refractivity contribution in [1.82, 2.24) is 4.31 Å². The summed E-state index contributed by atoms with van der Waals surface area (Å²) < 4.78 is 37.3. The maximum atomic E-state index is 12.6. The Bertz CT molecular complexity index is 957. The summed E-state index contributed by atoms with van der Waals surface area (Å²) in [4.78, 5) is 12.3. The lowest BCUT2D eigenvalue weighted by molar-refractivity contribution is -0.118. The number of benzene rings is 2. The van der Waals surface area contributed by atoms with E-state index in [-0.39, 0.29) is 17.4 Å². The van der Waals surface area contributed by atoms with Gasteiger partial charge in [-0.15, -0.1) is 0 Å². The van der Waals surface area contributed by atoms with Crippen LogP contribution in [0.2, 0.25) is 5.02 Å². The highest BCUT2D eigenvalue weighted by molar-refractivity contribution is 7.89. The number of carbonyl (C=O) groups is 1. The van der Waals surface area contributed by atoms with Crippen LogP contribution in [0.1, 0.15) is 19.3 Å². The average molecular weight is 439 g/mol. The Morgan fingerprint density at radius 2 is 1.79 bits per heavy atom. The highest BCUT2D eigenvalue weighted by atomic mass is 35.5. The van der Waals surface area contributed by atoms with Gasteiger partial charge >= 0.3 is 0 Å². The first kappa shape index (κ1) is 21.4. The minimum atomic E-state index is -3.48. The molecule has 1 heterocycles. The smallest absolute Gasteiger partial charge is 0.262 e. The van der Waals surface area contributed by atoms with Crippen LogP contribution in [0.4, 0.5) is 5.69 Å². The van der Waals surface area contributed by atoms with E-state index >= 15 is 0 Å². The van der Waals surface area contributed by atoms with Crippen molar-refractivity contribution in [3.63, 3.8) is 0 Å². The van der Waals surface area contributed by atoms with E-state index in [0.717, 1.165) is 19.3 Å². The van der Waals surface area contributed by atoms with Crippen molar-refractivity contribution in [2.75, 3.05) is 32.1 Å². The first-order chi connectivity index (χ1) is 13.9. The minimum Gasteiger partial charge on any atom is -0.495 e. The van der Waals surface area contributed by atoms with E-state index < -0.39 is 10.0 Å². The van der Waals surface area contributed by atoms with Crippen LogP contribution in [0, 0.1) is 0 Å². The van der Waals surface area contributed by atoms with E-state index in [1.807, 2.05) is 0 Å². The number of hydrogen-bond acceptors (Lipinski definition) is 5. The Morgan fingerprint density at radius 1 is 1.10 bits per heavy atom. The normalized spacial score (nSPS) is 15.0. The van der Waals surface area contributed by atoms with Gasteiger partial charge in [-0.1, -0.05) is 18.0 Å². The number of halogens is 1. The molecule has 9 heteroatoms. The van der Waals surface area contributed by atoms with Gasteiger partial charge in [0, 0.05) is 18.8 Å². The van der Waals surface area contributed by atoms with E-state index in [4.69, 9.17) is 21.1 Å². The predicted octanol–water partition coefficient (Wildman–Crippen LogP) is 3.54. The monoisotopic (exact) mass is 438 g/mol. The van der Waals surface area contributed by atoms with Gasteiger partial charge in [0.2, 0.25) is 10.0 Å². The molecule has 1 fully saturated rings. The van der Waals surface area contributed by atoms with Gasteiger partial charge in [0.15, 0.2) is 6.61 Å². The summed E-state index contributed by atoms with van der Waals surface area (Å²) in [5, 5.41) is 3.06. The third-order valence-corrected chi connectivity index (χ3v) is 6.79. The van der Waals surface area contributed by atoms with Gasteiger partial charge in [0.05, 0.1) is 17.0 Å². The van der Waals surface area contributed by atoms with Gasteiger partial charge < -0.3 is 14.8 Å². The summed E-state index contributed by atoms with van der Waals surface area (Å²) in [6, 6.07) is 11.0. The summed E-state index contributed by atoms with van der Waals surface area (Å²) in [6.45, 7) is 0.883. The van der Waals surface area contributed by atoms with Crippen molar-refractivity contribution in [2.24, 2.45) is 0 Å². The van der Waals surface area contributed by atoms with Crippen molar-refractivity contribution in [1.29, 1.82) is 0 Å². The van der Waals surface area contributed by atoms with E-state index in [1.54, 1.807) is 30.3 Å². The first-order valence-electron chi connectivity index (χ1n) is 9.26. The first-order valence-corrected chi connectivity index (χ1v) is 11.1. The number of rotatable bonds is 7. The molecule has 0 aliphatic carbocycles. The molecular weight excluding hydrogens is 416 g/mol. The van der Waals surface area contributed by atoms with Crippen LogP contribution in [0.3, 0.4) is 0 Å². The molecular formula is C20H23ClN2O5S. The Morgan fingerprint density at radius 3 is 2.41 bits per heavy atom. The number of nitrogens with zero attached hydrogens (tertiary/aromatic N) is 1. The van der Waals surface area contributed by atoms with Gasteiger partial charge in [-0.05, 0) is 55.3 Å². The highest BCUT2D eigenvalue weighted by Gasteiger charge is 2.25. The van der Waals surface area contributed by atoms with Crippen LogP contribution in [-0.2, 0) is 14.8 Å². The van der Waals surface area contributed by atoms with E-state index in [1.165, 1.54) is 23.5 Å². The lowest BCUT2D eigenvalue weighted by Gasteiger charge is -2.25. The third kappa shape index (κ3) is 5.41. The second kappa shape index (κ2) is 9.47. The van der Waals surface area contributed by atoms with E-state index in [9.17, 15) is 13.2 Å². The molecule has 29 heavy (non-hydrogen) atoms. The zero-order valence-corrected chi connectivity index (χ0v) is 17.6. The van der Waals surface area contributed by atoms with Gasteiger partial charge in [-0.25, -0.2) is 8.42 Å². The average Bonchev–Trinajstić information content (AvgIpc) is 2.73. The molecule has 0 spiro atoms. The molecule has 1 aliphatic rings. The van der Waals surface area contributed by atoms with Crippen molar-refractivity contribution in [2.45, 2.75) is 24.2 Å². The van der Waals surface area contributed by atoms with Crippen LogP contribution >= 0.6 is 11.6 Å². The Balaban J connectivity index is 1.56. The van der Waals surface area contributed by atoms with Gasteiger partial charge in [-0.2, -0.15) is 4.31 Å². The molecule has 0 aromatic heterocycles. The Kier molecular flexibility index (Phi) is 7.00. The van der Waals surface area contributed by atoms with Crippen molar-refractivity contribution in [3.8, 4) is 11.5 Å². The number of anilines is 1. The molecule has 1 N–H and O–H groups in total. The van der Waals surface area contributed by atoms with Crippen molar-refractivity contribution < 1.29 is 22.7 Å². The van der Waals surface area contributed by atoms with E-state index in [2.05, 4.69) is 5.32 Å². The fourth-order valence-corrected chi connectivity index (χ4v) is 4.83. The molecule has 3 rings (SSSR count). The summed E-state index contributed by atoms with van der Waals surface area (Å²) in [6.07, 6.45) is 2.83. The highest BCUT2D eigenvalue weighted by Crippen LogP contribution is 2.27. The quantitative estimate of drug-likeness (QED) is 0.714. The Labute approximate surface area is 175 Å². The second-order valence-corrected chi connectivity index (χ2v) is 8.97. The fourth-order valence-electron chi connectivity index (χ4n) is 3.05. The standard InChI is InChI=1S/C20H23ClN2O5S/c1-27-19-10-5-15(13-18(19)21)22-20(24)14-28-16-6-8-17(9-7-16)29(25,26)23-11-3-2-4-12-23/h5-10,13H,2-4,11-12,14H2,1H3,(H,22,24). The molecule has 0 unspecified atom stereocenters. The summed E-state index contributed by atoms with van der Waals surface area (Å²) >= 11 is 6.03. The summed E-state index contributed by atoms with van der Waals surface area (Å²) in [5.74, 6) is 0.558. The second-order valence-electron chi connectivity index (χ2n) is 6.62. The lowest BCUT2D eigenvalue weighted by Crippen LogP contribution is -2.35. The predicted molar refractivity (Wildman–Crippen MR) is 111 cm³/mol. The van der Waals surface area contributed by atoms with Crippen molar-refractivity contribution in [3.05, 3.63) is 47.5 Å². The molecule has 2 aromatic rings. The molecule has 0 saturated carbocycles. The molecule has 2 aromatic carbocycles. The third-order valence-electron chi connectivity index (χ3n) is 4.58. The summed E-state index contributed by atoms with van der Waals surface area (Å²) in [7, 11) is -1.97. The van der Waals surface area contributed by atoms with Gasteiger partial charge in [0.1, 0.15) is 11.5 Å². The van der Waals surface area contributed by atoms with Gasteiger partial charge in [-0.3, -0.25) is 4.79 Å². The number of ether oxygens (including phenoxy) is 2. The van der Waals surface area contributed by atoms with E-state index in [0.29, 0.717) is 35.3 Å². The SMILES string of the molecule is COc1ccc(NC(=O)COc2ccc(S(=O)(=O)N3CCCCC3)cc2)cc1Cl. The molecule has 0 radical (unpaired) electrons. The number of hydrogen-bond donors (Lipinski definition) is 1. The maximum Gasteiger partial charge on any atom is 0.262 e. The largest absolute Gasteiger partial charge is 0.495 e. The molecule has 7 nitrogen and oxygen atoms in total. The number of carbonyl (C=O) groups excluding carboxylic acids is 1. The maximum absolute atomic E-state index is 12.6. The molecule has 0 atom stereocenters. The van der Waals surface area contributed by atoms with Crippen molar-refractivity contribution >= 4 is 33.2 Å². The number of methoxy groups -OCH3 is 1. The zero-order valence-electron chi connectivity index (χ0n) is 16.1. The molecule has 1 aliphatic heterocycles. The lowest BCUT2D eigenvalue weighted by atomic mass is 10.2. The van der Waals surface area contributed by atoms with Crippen LogP contribution < -0.4 is 14.8 Å². The van der Waals surface area contributed by atoms with Crippen LogP contribution in [0.15, 0.2) is 47.4 Å². The molecule has 0 bridgehead atoms. The number of piperidine rings is 1. The molecule has 156 valence electrons. The Hall–Kier alpha value is -2.29. The molecule has 1 amide bonds. The fraction of sp³-hybridized carbons (Fsp3) is 0.350. The number of sulfonamides is 1. The minimum absolute atomic E-state index is 0.220. The zero-order chi connectivity index (χ0) is 20.9. The summed E-state index contributed by atoms with van der Waals surface area (Å²) in [5.41, 5.74) is 0.521. The number of amides is 1. The number of nitrogens with one attached hydrogen (secondary N) is 1. The molecule has 1 saturated heterocycles. The van der Waals surface area contributed by atoms with Crippen LogP contribution in [0.5, 0.6) is 11.5 Å². The van der Waals surface area contributed by atoms with Crippen LogP contribution in [0.25, 0.3) is 0 Å². The topological polar surface area (TPSA) is 84.9 Å².